The highest BCUT2D eigenvalue weighted by molar-refractivity contribution is 6.35. The maximum absolute atomic E-state index is 13.0. The molecule has 0 bridgehead atoms. The minimum atomic E-state index is -0.544. The number of carbonyl (C=O) groups excluding carboxylic acids is 1. The molecule has 2 aromatic carbocycles. The number of ketones is 1. The second-order valence-corrected chi connectivity index (χ2v) is 6.07. The zero-order valence-electron chi connectivity index (χ0n) is 14.2. The van der Waals surface area contributed by atoms with E-state index in [1.807, 2.05) is 27.7 Å². The van der Waals surface area contributed by atoms with Crippen molar-refractivity contribution in [3.05, 3.63) is 66.7 Å². The molecule has 0 radical (unpaired) electrons. The van der Waals surface area contributed by atoms with Crippen LogP contribution >= 0.6 is 11.6 Å². The predicted octanol–water partition coefficient (Wildman–Crippen LogP) is 4.72. The number of benzene rings is 2. The molecule has 0 spiro atoms. The number of nitro benzene ring substituents is 1. The topological polar surface area (TPSA) is 69.4 Å². The fourth-order valence-corrected chi connectivity index (χ4v) is 3.06. The molecule has 24 heavy (non-hydrogen) atoms. The average Bonchev–Trinajstić information content (AvgIpc) is 2.53. The Hall–Kier alpha value is -2.40. The van der Waals surface area contributed by atoms with Gasteiger partial charge in [0.15, 0.2) is 5.78 Å². The normalized spacial score (nSPS) is 10.6. The molecule has 0 aliphatic carbocycles. The van der Waals surface area contributed by atoms with Crippen LogP contribution in [0.4, 0.5) is 5.69 Å². The summed E-state index contributed by atoms with van der Waals surface area (Å²) in [5.41, 5.74) is 3.76. The van der Waals surface area contributed by atoms with Gasteiger partial charge in [-0.2, -0.15) is 0 Å². The second kappa shape index (κ2) is 6.61. The Balaban J connectivity index is 2.72. The van der Waals surface area contributed by atoms with E-state index in [4.69, 9.17) is 16.3 Å². The van der Waals surface area contributed by atoms with Crippen LogP contribution < -0.4 is 4.74 Å². The summed E-state index contributed by atoms with van der Waals surface area (Å²) in [6, 6.07) is 3.88. The maximum Gasteiger partial charge on any atom is 0.270 e. The highest BCUT2D eigenvalue weighted by Crippen LogP contribution is 2.35. The molecular weight excluding hydrogens is 330 g/mol. The van der Waals surface area contributed by atoms with E-state index in [1.165, 1.54) is 18.2 Å². The monoisotopic (exact) mass is 347 g/mol. The van der Waals surface area contributed by atoms with E-state index in [0.717, 1.165) is 28.0 Å². The number of rotatable bonds is 4. The summed E-state index contributed by atoms with van der Waals surface area (Å²) in [6.07, 6.45) is 0. The lowest BCUT2D eigenvalue weighted by Crippen LogP contribution is -2.11. The van der Waals surface area contributed by atoms with Crippen molar-refractivity contribution < 1.29 is 14.5 Å². The Morgan fingerprint density at radius 1 is 1.08 bits per heavy atom. The minimum absolute atomic E-state index is 0.126. The molecule has 0 saturated heterocycles. The van der Waals surface area contributed by atoms with Crippen LogP contribution in [0.2, 0.25) is 5.02 Å². The first-order valence-corrected chi connectivity index (χ1v) is 7.71. The number of hydrogen-bond acceptors (Lipinski definition) is 4. The lowest BCUT2D eigenvalue weighted by atomic mass is 9.88. The summed E-state index contributed by atoms with van der Waals surface area (Å²) in [5.74, 6) is 0.416. The van der Waals surface area contributed by atoms with Crippen LogP contribution in [-0.4, -0.2) is 17.8 Å². The number of ether oxygens (including phenoxy) is 1. The first kappa shape index (κ1) is 17.9. The van der Waals surface area contributed by atoms with Crippen molar-refractivity contribution in [3.63, 3.8) is 0 Å². The van der Waals surface area contributed by atoms with Crippen molar-refractivity contribution >= 4 is 23.1 Å². The van der Waals surface area contributed by atoms with Crippen LogP contribution in [0.3, 0.4) is 0 Å². The van der Waals surface area contributed by atoms with Gasteiger partial charge >= 0.3 is 0 Å². The average molecular weight is 348 g/mol. The number of halogens is 1. The molecule has 6 heteroatoms. The number of methoxy groups -OCH3 is 1. The van der Waals surface area contributed by atoms with Gasteiger partial charge in [0.25, 0.3) is 5.69 Å². The van der Waals surface area contributed by atoms with Crippen molar-refractivity contribution in [1.82, 2.24) is 0 Å². The lowest BCUT2D eigenvalue weighted by molar-refractivity contribution is -0.384. The van der Waals surface area contributed by atoms with E-state index in [-0.39, 0.29) is 22.1 Å². The van der Waals surface area contributed by atoms with Crippen LogP contribution in [-0.2, 0) is 0 Å². The van der Waals surface area contributed by atoms with Crippen molar-refractivity contribution in [2.24, 2.45) is 0 Å². The molecule has 0 aliphatic heterocycles. The van der Waals surface area contributed by atoms with Gasteiger partial charge in [-0.3, -0.25) is 14.9 Å². The van der Waals surface area contributed by atoms with E-state index in [1.54, 1.807) is 7.11 Å². The Morgan fingerprint density at radius 3 is 2.08 bits per heavy atom. The smallest absolute Gasteiger partial charge is 0.270 e. The quantitative estimate of drug-likeness (QED) is 0.456. The zero-order chi connectivity index (χ0) is 18.2. The van der Waals surface area contributed by atoms with E-state index < -0.39 is 4.92 Å². The molecule has 0 amide bonds. The molecule has 0 aromatic heterocycles. The second-order valence-electron chi connectivity index (χ2n) is 5.66. The fourth-order valence-electron chi connectivity index (χ4n) is 2.86. The third kappa shape index (κ3) is 2.87. The van der Waals surface area contributed by atoms with Gasteiger partial charge in [-0.1, -0.05) is 11.6 Å². The van der Waals surface area contributed by atoms with Crippen LogP contribution in [0.5, 0.6) is 5.75 Å². The summed E-state index contributed by atoms with van der Waals surface area (Å²) >= 11 is 6.12. The van der Waals surface area contributed by atoms with Crippen molar-refractivity contribution in [1.29, 1.82) is 0 Å². The maximum atomic E-state index is 13.0. The lowest BCUT2D eigenvalue weighted by Gasteiger charge is -2.19. The molecule has 0 atom stereocenters. The van der Waals surface area contributed by atoms with Crippen LogP contribution in [0, 0.1) is 37.8 Å². The third-order valence-electron chi connectivity index (χ3n) is 4.39. The fraction of sp³-hybridized carbons (Fsp3) is 0.278. The standard InChI is InChI=1S/C18H18ClNO4/c1-9-11(3)18(24-5)12(4)10(2)16(9)17(21)14-8-13(20(22)23)6-7-15(14)19/h6-8H,1-5H3. The molecule has 2 aromatic rings. The highest BCUT2D eigenvalue weighted by Gasteiger charge is 2.24. The van der Waals surface area contributed by atoms with E-state index in [9.17, 15) is 14.9 Å². The van der Waals surface area contributed by atoms with E-state index >= 15 is 0 Å². The molecule has 0 saturated carbocycles. The largest absolute Gasteiger partial charge is 0.496 e. The molecule has 0 aliphatic rings. The molecule has 0 N–H and O–H groups in total. The summed E-state index contributed by atoms with van der Waals surface area (Å²) in [6.45, 7) is 7.43. The van der Waals surface area contributed by atoms with E-state index in [0.29, 0.717) is 5.56 Å². The predicted molar refractivity (Wildman–Crippen MR) is 93.5 cm³/mol. The number of hydrogen-bond donors (Lipinski definition) is 0. The van der Waals surface area contributed by atoms with Crippen molar-refractivity contribution in [2.45, 2.75) is 27.7 Å². The third-order valence-corrected chi connectivity index (χ3v) is 4.72. The molecule has 0 unspecified atom stereocenters. The number of nitro groups is 1. The Bertz CT molecular complexity index is 830. The summed E-state index contributed by atoms with van der Waals surface area (Å²) in [4.78, 5) is 23.5. The van der Waals surface area contributed by atoms with Crippen LogP contribution in [0.15, 0.2) is 18.2 Å². The number of non-ortho nitro benzene ring substituents is 1. The van der Waals surface area contributed by atoms with Crippen molar-refractivity contribution in [2.75, 3.05) is 7.11 Å². The Morgan fingerprint density at radius 2 is 1.62 bits per heavy atom. The SMILES string of the molecule is COc1c(C)c(C)c(C(=O)c2cc([N+](=O)[O-])ccc2Cl)c(C)c1C. The molecular formula is C18H18ClNO4. The first-order chi connectivity index (χ1) is 11.2. The van der Waals surface area contributed by atoms with Gasteiger partial charge < -0.3 is 4.74 Å². The molecule has 0 fully saturated rings. The van der Waals surface area contributed by atoms with Crippen LogP contribution in [0.25, 0.3) is 0 Å². The Labute approximate surface area is 145 Å². The van der Waals surface area contributed by atoms with Gasteiger partial charge in [-0.25, -0.2) is 0 Å². The van der Waals surface area contributed by atoms with Crippen molar-refractivity contribution in [3.8, 4) is 5.75 Å². The minimum Gasteiger partial charge on any atom is -0.496 e. The first-order valence-electron chi connectivity index (χ1n) is 7.33. The zero-order valence-corrected chi connectivity index (χ0v) is 14.9. The summed E-state index contributed by atoms with van der Waals surface area (Å²) < 4.78 is 5.43. The van der Waals surface area contributed by atoms with Gasteiger partial charge in [0.05, 0.1) is 17.1 Å². The number of carbonyl (C=O) groups is 1. The van der Waals surface area contributed by atoms with Crippen LogP contribution in [0.1, 0.15) is 38.2 Å². The van der Waals surface area contributed by atoms with Gasteiger partial charge in [0.2, 0.25) is 0 Å². The highest BCUT2D eigenvalue weighted by atomic mass is 35.5. The van der Waals surface area contributed by atoms with Gasteiger partial charge in [-0.15, -0.1) is 0 Å². The number of nitrogens with zero attached hydrogens (tertiary/aromatic N) is 1. The molecule has 5 nitrogen and oxygen atoms in total. The summed E-state index contributed by atoms with van der Waals surface area (Å²) in [5, 5.41) is 11.2. The molecule has 2 rings (SSSR count). The van der Waals surface area contributed by atoms with Gasteiger partial charge in [-0.05, 0) is 56.0 Å². The Kier molecular flexibility index (Phi) is 4.94. The van der Waals surface area contributed by atoms with Gasteiger partial charge in [0, 0.05) is 23.3 Å². The molecule has 126 valence electrons. The van der Waals surface area contributed by atoms with E-state index in [2.05, 4.69) is 0 Å². The summed E-state index contributed by atoms with van der Waals surface area (Å²) in [7, 11) is 1.59. The van der Waals surface area contributed by atoms with Gasteiger partial charge in [0.1, 0.15) is 5.75 Å². The molecule has 0 heterocycles.